The summed E-state index contributed by atoms with van der Waals surface area (Å²) in [6.07, 6.45) is 9.13. The van der Waals surface area contributed by atoms with Gasteiger partial charge < -0.3 is 20.3 Å². The standard InChI is InChI=1S/C27H28F2N8O3S/c1-16-15-41-22-10-17(21(40-27(28)29)11-19(22)32-16)24-20(13-36(34-24)14-23(38)35-7-3-2-4-8-35)33-26(39)18-12-31-37-9-5-6-30-25(18)37/h5-6,9-13,16,27,32H,2-4,7-8,14-15H2,1H3,(H,33,39). The van der Waals surface area contributed by atoms with Crippen LogP contribution >= 0.6 is 11.8 Å². The van der Waals surface area contributed by atoms with Gasteiger partial charge in [0.25, 0.3) is 5.91 Å². The van der Waals surface area contributed by atoms with Gasteiger partial charge in [-0.25, -0.2) is 9.50 Å². The molecule has 2 aliphatic rings. The fourth-order valence-corrected chi connectivity index (χ4v) is 6.03. The number of thioether (sulfide) groups is 1. The maximum Gasteiger partial charge on any atom is 0.387 e. The highest BCUT2D eigenvalue weighted by molar-refractivity contribution is 7.99. The Morgan fingerprint density at radius 3 is 2.88 bits per heavy atom. The van der Waals surface area contributed by atoms with Crippen LogP contribution in [0.25, 0.3) is 16.9 Å². The van der Waals surface area contributed by atoms with Gasteiger partial charge in [-0.3, -0.25) is 14.3 Å². The molecule has 1 unspecified atom stereocenters. The van der Waals surface area contributed by atoms with Crippen LogP contribution in [0.3, 0.4) is 0 Å². The van der Waals surface area contributed by atoms with Crippen LogP contribution in [0, 0.1) is 0 Å². The molecule has 41 heavy (non-hydrogen) atoms. The molecule has 14 heteroatoms. The van der Waals surface area contributed by atoms with E-state index in [1.54, 1.807) is 41.2 Å². The van der Waals surface area contributed by atoms with E-state index in [1.807, 2.05) is 6.92 Å². The Morgan fingerprint density at radius 1 is 1.24 bits per heavy atom. The molecular weight excluding hydrogens is 554 g/mol. The maximum atomic E-state index is 13.5. The molecule has 2 aliphatic heterocycles. The van der Waals surface area contributed by atoms with Gasteiger partial charge in [0, 0.05) is 60.0 Å². The number of carbonyl (C=O) groups is 2. The minimum Gasteiger partial charge on any atom is -0.434 e. The van der Waals surface area contributed by atoms with Crippen molar-refractivity contribution in [2.45, 2.75) is 50.3 Å². The van der Waals surface area contributed by atoms with Gasteiger partial charge in [0.15, 0.2) is 5.65 Å². The van der Waals surface area contributed by atoms with Crippen LogP contribution in [0.2, 0.25) is 0 Å². The van der Waals surface area contributed by atoms with Crippen molar-refractivity contribution in [2.24, 2.45) is 0 Å². The lowest BCUT2D eigenvalue weighted by atomic mass is 10.1. The van der Waals surface area contributed by atoms with Crippen LogP contribution in [0.4, 0.5) is 20.2 Å². The molecule has 5 heterocycles. The number of hydrogen-bond acceptors (Lipinski definition) is 8. The van der Waals surface area contributed by atoms with Crippen molar-refractivity contribution in [1.82, 2.24) is 29.3 Å². The number of anilines is 2. The number of halogens is 2. The zero-order valence-electron chi connectivity index (χ0n) is 22.2. The Hall–Kier alpha value is -4.20. The summed E-state index contributed by atoms with van der Waals surface area (Å²) in [6.45, 7) is 0.217. The van der Waals surface area contributed by atoms with E-state index in [-0.39, 0.29) is 46.8 Å². The Kier molecular flexibility index (Phi) is 7.47. The number of carbonyl (C=O) groups excluding carboxylic acids is 2. The largest absolute Gasteiger partial charge is 0.434 e. The number of rotatable bonds is 7. The summed E-state index contributed by atoms with van der Waals surface area (Å²) in [6, 6.07) is 5.09. The van der Waals surface area contributed by atoms with Crippen molar-refractivity contribution in [1.29, 1.82) is 0 Å². The highest BCUT2D eigenvalue weighted by Crippen LogP contribution is 2.44. The van der Waals surface area contributed by atoms with E-state index >= 15 is 0 Å². The van der Waals surface area contributed by atoms with Crippen LogP contribution in [-0.2, 0) is 11.3 Å². The molecule has 3 aromatic heterocycles. The van der Waals surface area contributed by atoms with Crippen molar-refractivity contribution in [3.05, 3.63) is 48.5 Å². The van der Waals surface area contributed by atoms with Gasteiger partial charge in [-0.05, 0) is 38.3 Å². The molecule has 2 N–H and O–H groups in total. The third-order valence-corrected chi connectivity index (χ3v) is 8.30. The molecule has 1 saturated heterocycles. The summed E-state index contributed by atoms with van der Waals surface area (Å²) < 4.78 is 34.9. The molecule has 0 radical (unpaired) electrons. The van der Waals surface area contributed by atoms with Gasteiger partial charge in [-0.15, -0.1) is 11.8 Å². The second kappa shape index (κ2) is 11.4. The minimum atomic E-state index is -3.08. The molecule has 0 bridgehead atoms. The maximum absolute atomic E-state index is 13.5. The Morgan fingerprint density at radius 2 is 2.07 bits per heavy atom. The smallest absolute Gasteiger partial charge is 0.387 e. The summed E-state index contributed by atoms with van der Waals surface area (Å²) in [5, 5.41) is 14.9. The highest BCUT2D eigenvalue weighted by atomic mass is 32.2. The quantitative estimate of drug-likeness (QED) is 0.330. The first-order valence-electron chi connectivity index (χ1n) is 13.3. The molecule has 0 aliphatic carbocycles. The van der Waals surface area contributed by atoms with Crippen LogP contribution < -0.4 is 15.4 Å². The molecule has 214 valence electrons. The molecule has 0 saturated carbocycles. The number of nitrogens with one attached hydrogen (secondary N) is 2. The number of amides is 2. The number of alkyl halides is 2. The Labute approximate surface area is 238 Å². The van der Waals surface area contributed by atoms with E-state index in [1.165, 1.54) is 27.7 Å². The second-order valence-electron chi connectivity index (χ2n) is 10.0. The normalized spacial score (nSPS) is 16.9. The molecule has 4 aromatic rings. The number of piperidine rings is 1. The first-order chi connectivity index (χ1) is 19.9. The lowest BCUT2D eigenvalue weighted by Gasteiger charge is -2.26. The van der Waals surface area contributed by atoms with Crippen molar-refractivity contribution in [3.8, 4) is 17.0 Å². The van der Waals surface area contributed by atoms with E-state index in [9.17, 15) is 18.4 Å². The van der Waals surface area contributed by atoms with Gasteiger partial charge in [0.1, 0.15) is 23.6 Å². The van der Waals surface area contributed by atoms with E-state index < -0.39 is 12.5 Å². The third-order valence-electron chi connectivity index (χ3n) is 6.98. The molecular formula is C27H28F2N8O3S. The summed E-state index contributed by atoms with van der Waals surface area (Å²) >= 11 is 1.58. The zero-order chi connectivity index (χ0) is 28.5. The second-order valence-corrected chi connectivity index (χ2v) is 11.1. The van der Waals surface area contributed by atoms with Crippen LogP contribution in [0.1, 0.15) is 36.5 Å². The third kappa shape index (κ3) is 5.69. The Bertz CT molecular complexity index is 1600. The van der Waals surface area contributed by atoms with Gasteiger partial charge in [0.05, 0.1) is 17.6 Å². The SMILES string of the molecule is CC1CSc2cc(-c3nn(CC(=O)N4CCCCC4)cc3NC(=O)c3cnn4cccnc34)c(OC(F)F)cc2N1. The number of benzene rings is 1. The van der Waals surface area contributed by atoms with Crippen molar-refractivity contribution in [3.63, 3.8) is 0 Å². The monoisotopic (exact) mass is 582 g/mol. The number of aromatic nitrogens is 5. The molecule has 0 spiro atoms. The number of likely N-dealkylation sites (tertiary alicyclic amines) is 1. The van der Waals surface area contributed by atoms with Crippen LogP contribution in [-0.4, -0.2) is 72.6 Å². The molecule has 1 aromatic carbocycles. The zero-order valence-corrected chi connectivity index (χ0v) is 23.0. The van der Waals surface area contributed by atoms with Crippen molar-refractivity contribution >= 4 is 40.6 Å². The fraction of sp³-hybridized carbons (Fsp3) is 0.370. The number of ether oxygens (including phenoxy) is 1. The van der Waals surface area contributed by atoms with E-state index in [0.717, 1.165) is 29.9 Å². The average Bonchev–Trinajstić information content (AvgIpc) is 3.57. The van der Waals surface area contributed by atoms with E-state index in [0.29, 0.717) is 24.4 Å². The summed E-state index contributed by atoms with van der Waals surface area (Å²) in [5.74, 6) is 0.0698. The summed E-state index contributed by atoms with van der Waals surface area (Å²) in [5.41, 5.74) is 1.95. The number of hydrogen-bond donors (Lipinski definition) is 2. The number of fused-ring (bicyclic) bond motifs is 2. The van der Waals surface area contributed by atoms with Crippen LogP contribution in [0.15, 0.2) is 47.9 Å². The molecule has 11 nitrogen and oxygen atoms in total. The molecule has 6 rings (SSSR count). The Balaban J connectivity index is 1.40. The van der Waals surface area contributed by atoms with Gasteiger partial charge >= 0.3 is 6.61 Å². The topological polar surface area (TPSA) is 119 Å². The van der Waals surface area contributed by atoms with E-state index in [2.05, 4.69) is 25.8 Å². The lowest BCUT2D eigenvalue weighted by molar-refractivity contribution is -0.132. The van der Waals surface area contributed by atoms with Crippen molar-refractivity contribution in [2.75, 3.05) is 29.5 Å². The first kappa shape index (κ1) is 27.0. The average molecular weight is 583 g/mol. The van der Waals surface area contributed by atoms with Gasteiger partial charge in [-0.2, -0.15) is 19.0 Å². The van der Waals surface area contributed by atoms with Crippen molar-refractivity contribution < 1.29 is 23.1 Å². The highest BCUT2D eigenvalue weighted by Gasteiger charge is 2.26. The molecule has 1 atom stereocenters. The molecule has 1 fully saturated rings. The predicted molar refractivity (Wildman–Crippen MR) is 149 cm³/mol. The lowest BCUT2D eigenvalue weighted by Crippen LogP contribution is -2.37. The van der Waals surface area contributed by atoms with E-state index in [4.69, 9.17) is 4.74 Å². The fourth-order valence-electron chi connectivity index (χ4n) is 5.04. The minimum absolute atomic E-state index is 0.0645. The van der Waals surface area contributed by atoms with Crippen LogP contribution in [0.5, 0.6) is 5.75 Å². The summed E-state index contributed by atoms with van der Waals surface area (Å²) in [7, 11) is 0. The van der Waals surface area contributed by atoms with Gasteiger partial charge in [-0.1, -0.05) is 0 Å². The van der Waals surface area contributed by atoms with Gasteiger partial charge in [0.2, 0.25) is 5.91 Å². The predicted octanol–water partition coefficient (Wildman–Crippen LogP) is 4.37. The first-order valence-corrected chi connectivity index (χ1v) is 14.3. The number of nitrogens with zero attached hydrogens (tertiary/aromatic N) is 6. The summed E-state index contributed by atoms with van der Waals surface area (Å²) in [4.78, 5) is 33.3. The molecule has 2 amide bonds.